The number of carbonyl (C=O) groups excluding carboxylic acids is 1. The van der Waals surface area contributed by atoms with E-state index in [1.807, 2.05) is 0 Å². The highest BCUT2D eigenvalue weighted by atomic mass is 35.5. The van der Waals surface area contributed by atoms with Crippen LogP contribution in [0.25, 0.3) is 0 Å². The molecule has 0 radical (unpaired) electrons. The van der Waals surface area contributed by atoms with Gasteiger partial charge in [0.15, 0.2) is 0 Å². The van der Waals surface area contributed by atoms with Crippen molar-refractivity contribution in [1.82, 2.24) is 4.48 Å². The van der Waals surface area contributed by atoms with Gasteiger partial charge in [-0.25, -0.2) is 0 Å². The van der Waals surface area contributed by atoms with Crippen LogP contribution in [0.15, 0.2) is 24.3 Å². The third-order valence-corrected chi connectivity index (χ3v) is 4.22. The number of nitrogens with two attached hydrogens (primary N) is 1. The Kier molecular flexibility index (Phi) is 8.34. The molecule has 1 amide bonds. The van der Waals surface area contributed by atoms with E-state index in [1.54, 1.807) is 45.0 Å². The molecule has 0 aliphatic carbocycles. The molecule has 3 N–H and O–H groups in total. The van der Waals surface area contributed by atoms with Crippen LogP contribution < -0.4 is 10.2 Å². The van der Waals surface area contributed by atoms with Gasteiger partial charge in [-0.2, -0.15) is 9.28 Å². The largest absolute Gasteiger partial charge is 0.521 e. The van der Waals surface area contributed by atoms with E-state index in [0.29, 0.717) is 18.8 Å². The Balaban J connectivity index is 3.21. The van der Waals surface area contributed by atoms with E-state index in [4.69, 9.17) is 38.8 Å². The van der Waals surface area contributed by atoms with E-state index in [2.05, 4.69) is 0 Å². The molecule has 8 heteroatoms. The molecule has 1 aromatic rings. The van der Waals surface area contributed by atoms with Gasteiger partial charge in [-0.05, 0) is 32.8 Å². The van der Waals surface area contributed by atoms with Gasteiger partial charge in [0, 0.05) is 12.1 Å². The zero-order valence-corrected chi connectivity index (χ0v) is 16.9. The van der Waals surface area contributed by atoms with Crippen molar-refractivity contribution >= 4 is 41.0 Å². The van der Waals surface area contributed by atoms with Crippen molar-refractivity contribution < 1.29 is 19.4 Å². The van der Waals surface area contributed by atoms with E-state index in [9.17, 15) is 9.59 Å². The molecule has 6 nitrogen and oxygen atoms in total. The number of nitrogens with zero attached hydrogens (tertiary/aromatic N) is 1. The molecule has 146 valence electrons. The van der Waals surface area contributed by atoms with Crippen molar-refractivity contribution in [2.45, 2.75) is 38.8 Å². The van der Waals surface area contributed by atoms with Crippen LogP contribution in [0.4, 0.5) is 10.5 Å². The minimum atomic E-state index is -1.06. The molecule has 0 unspecified atom stereocenters. The third kappa shape index (κ3) is 6.13. The number of amides is 1. The van der Waals surface area contributed by atoms with Crippen LogP contribution in [0, 0.1) is 0 Å². The molecule has 1 rings (SSSR count). The van der Waals surface area contributed by atoms with Crippen LogP contribution in [0.1, 0.15) is 26.3 Å². The number of benzene rings is 1. The highest BCUT2D eigenvalue weighted by Crippen LogP contribution is 2.28. The molecule has 26 heavy (non-hydrogen) atoms. The highest BCUT2D eigenvalue weighted by molar-refractivity contribution is 6.19. The zero-order valence-electron chi connectivity index (χ0n) is 15.4. The number of hydrogen-bond acceptors (Lipinski definition) is 4. The second-order valence-electron chi connectivity index (χ2n) is 7.09. The minimum absolute atomic E-state index is 0.129. The second-order valence-corrected chi connectivity index (χ2v) is 7.84. The SMILES string of the molecule is CC(C)(C)OC(=O)[N+](CCCl)(CCCl)c1ccc(C[C@H](N)C(=O)O)cc1. The summed E-state index contributed by atoms with van der Waals surface area (Å²) in [4.78, 5) is 23.9. The Hall–Kier alpha value is -1.34. The molecule has 0 saturated carbocycles. The maximum absolute atomic E-state index is 12.9. The summed E-state index contributed by atoms with van der Waals surface area (Å²) < 4.78 is 5.48. The maximum atomic E-state index is 12.9. The lowest BCUT2D eigenvalue weighted by molar-refractivity contribution is -0.138. The molecular weight excluding hydrogens is 379 g/mol. The van der Waals surface area contributed by atoms with E-state index in [-0.39, 0.29) is 22.7 Å². The lowest BCUT2D eigenvalue weighted by atomic mass is 10.1. The number of quaternary nitrogens is 1. The maximum Gasteiger partial charge on any atom is 0.521 e. The zero-order chi connectivity index (χ0) is 20.0. The van der Waals surface area contributed by atoms with Crippen molar-refractivity contribution in [3.05, 3.63) is 29.8 Å². The topological polar surface area (TPSA) is 89.6 Å². The second kappa shape index (κ2) is 9.55. The van der Waals surface area contributed by atoms with Crippen LogP contribution in [0.5, 0.6) is 0 Å². The van der Waals surface area contributed by atoms with Gasteiger partial charge in [-0.3, -0.25) is 4.79 Å². The predicted molar refractivity (Wildman–Crippen MR) is 105 cm³/mol. The quantitative estimate of drug-likeness (QED) is 0.511. The van der Waals surface area contributed by atoms with E-state index < -0.39 is 23.7 Å². The first kappa shape index (κ1) is 22.7. The lowest BCUT2D eigenvalue weighted by Crippen LogP contribution is -2.58. The molecule has 0 aromatic heterocycles. The van der Waals surface area contributed by atoms with Crippen LogP contribution in [-0.2, 0) is 16.0 Å². The molecule has 0 fully saturated rings. The van der Waals surface area contributed by atoms with Crippen molar-refractivity contribution in [3.63, 3.8) is 0 Å². The lowest BCUT2D eigenvalue weighted by Gasteiger charge is -2.35. The molecule has 0 aliphatic heterocycles. The Morgan fingerprint density at radius 1 is 1.15 bits per heavy atom. The summed E-state index contributed by atoms with van der Waals surface area (Å²) in [6.45, 7) is 6.07. The van der Waals surface area contributed by atoms with Gasteiger partial charge >= 0.3 is 12.1 Å². The van der Waals surface area contributed by atoms with Gasteiger partial charge in [0.05, 0.1) is 11.8 Å². The molecule has 0 spiro atoms. The summed E-state index contributed by atoms with van der Waals surface area (Å²) >= 11 is 11.9. The smallest absolute Gasteiger partial charge is 0.480 e. The summed E-state index contributed by atoms with van der Waals surface area (Å²) in [7, 11) is 0. The van der Waals surface area contributed by atoms with Gasteiger partial charge in [-0.15, -0.1) is 23.2 Å². The number of carboxylic acid groups (broad SMARTS) is 1. The van der Waals surface area contributed by atoms with Crippen LogP contribution in [0.2, 0.25) is 0 Å². The number of aliphatic carboxylic acids is 1. The standard InChI is InChI=1S/C18H26Cl2N2O4/c1-18(2,3)26-17(25)22(10-8-19,11-9-20)14-6-4-13(5-7-14)12-15(21)16(23)24/h4-7,15H,8-12,21H2,1-3H3/p+1/t15-/m0/s1. The van der Waals surface area contributed by atoms with Crippen LogP contribution in [0.3, 0.4) is 0 Å². The molecule has 1 aromatic carbocycles. The number of carboxylic acids is 1. The molecule has 1 atom stereocenters. The molecule has 0 bridgehead atoms. The average Bonchev–Trinajstić information content (AvgIpc) is 2.53. The summed E-state index contributed by atoms with van der Waals surface area (Å²) in [5, 5.41) is 8.93. The van der Waals surface area contributed by atoms with Crippen molar-refractivity contribution in [1.29, 1.82) is 0 Å². The average molecular weight is 406 g/mol. The first-order valence-electron chi connectivity index (χ1n) is 8.36. The number of rotatable bonds is 8. The Labute approximate surface area is 164 Å². The molecule has 0 heterocycles. The number of carbonyl (C=O) groups is 2. The fourth-order valence-corrected chi connectivity index (χ4v) is 3.13. The van der Waals surface area contributed by atoms with Gasteiger partial charge in [-0.1, -0.05) is 12.1 Å². The van der Waals surface area contributed by atoms with Crippen molar-refractivity contribution in [2.75, 3.05) is 24.8 Å². The Bertz CT molecular complexity index is 609. The monoisotopic (exact) mass is 405 g/mol. The first-order chi connectivity index (χ1) is 12.1. The van der Waals surface area contributed by atoms with E-state index >= 15 is 0 Å². The van der Waals surface area contributed by atoms with Crippen molar-refractivity contribution in [3.8, 4) is 0 Å². The fourth-order valence-electron chi connectivity index (χ4n) is 2.55. The molecular formula is C18H27Cl2N2O4+. The van der Waals surface area contributed by atoms with Crippen LogP contribution >= 0.6 is 23.2 Å². The van der Waals surface area contributed by atoms with Crippen molar-refractivity contribution in [2.24, 2.45) is 5.73 Å². The minimum Gasteiger partial charge on any atom is -0.480 e. The van der Waals surface area contributed by atoms with Crippen LogP contribution in [-0.4, -0.2) is 53.7 Å². The summed E-state index contributed by atoms with van der Waals surface area (Å²) in [5.41, 5.74) is 6.38. The van der Waals surface area contributed by atoms with Gasteiger partial charge < -0.3 is 15.6 Å². The summed E-state index contributed by atoms with van der Waals surface area (Å²) in [5.74, 6) is -0.555. The van der Waals surface area contributed by atoms with E-state index in [0.717, 1.165) is 5.56 Å². The first-order valence-corrected chi connectivity index (χ1v) is 9.43. The number of hydrogen-bond donors (Lipinski definition) is 2. The summed E-state index contributed by atoms with van der Waals surface area (Å²) in [6, 6.07) is 6.09. The number of alkyl halides is 2. The predicted octanol–water partition coefficient (Wildman–Crippen LogP) is 3.36. The molecule has 0 saturated heterocycles. The van der Waals surface area contributed by atoms with Gasteiger partial charge in [0.1, 0.15) is 30.4 Å². The van der Waals surface area contributed by atoms with Gasteiger partial charge in [0.2, 0.25) is 0 Å². The third-order valence-electron chi connectivity index (χ3n) is 3.88. The number of ether oxygens (including phenoxy) is 1. The molecule has 0 aliphatic rings. The van der Waals surface area contributed by atoms with E-state index in [1.165, 1.54) is 0 Å². The highest BCUT2D eigenvalue weighted by Gasteiger charge is 2.42. The normalized spacial score (nSPS) is 13.3. The number of halogens is 2. The van der Waals surface area contributed by atoms with Gasteiger partial charge in [0.25, 0.3) is 0 Å². The summed E-state index contributed by atoms with van der Waals surface area (Å²) in [6.07, 6.45) is -0.221. The fraction of sp³-hybridized carbons (Fsp3) is 0.556. The Morgan fingerprint density at radius 2 is 1.65 bits per heavy atom. The Morgan fingerprint density at radius 3 is 2.04 bits per heavy atom.